The molecule has 0 aliphatic rings. The minimum atomic E-state index is -0.410. The number of aliphatic hydroxyl groups is 1. The summed E-state index contributed by atoms with van der Waals surface area (Å²) in [6.45, 7) is 0.258. The van der Waals surface area contributed by atoms with E-state index in [0.717, 1.165) is 5.56 Å². The Morgan fingerprint density at radius 3 is 2.88 bits per heavy atom. The number of aliphatic hydroxyl groups excluding tert-OH is 1. The molecule has 1 rings (SSSR count). The molecule has 0 aliphatic heterocycles. The van der Waals surface area contributed by atoms with Crippen LogP contribution in [-0.2, 0) is 11.2 Å². The maximum absolute atomic E-state index is 13.3. The maximum atomic E-state index is 13.3. The molecule has 0 atom stereocenters. The van der Waals surface area contributed by atoms with Gasteiger partial charge in [-0.05, 0) is 24.1 Å². The zero-order chi connectivity index (χ0) is 12.7. The summed E-state index contributed by atoms with van der Waals surface area (Å²) in [5.41, 5.74) is 0.785. The van der Waals surface area contributed by atoms with Gasteiger partial charge < -0.3 is 15.2 Å². The highest BCUT2D eigenvalue weighted by molar-refractivity contribution is 5.75. The summed E-state index contributed by atoms with van der Waals surface area (Å²) >= 11 is 0. The Morgan fingerprint density at radius 1 is 1.53 bits per heavy atom. The van der Waals surface area contributed by atoms with Gasteiger partial charge >= 0.3 is 0 Å². The molecule has 94 valence electrons. The van der Waals surface area contributed by atoms with Gasteiger partial charge in [0.05, 0.1) is 13.7 Å². The van der Waals surface area contributed by atoms with Gasteiger partial charge in [-0.3, -0.25) is 4.79 Å². The van der Waals surface area contributed by atoms with Crippen LogP contribution in [0.3, 0.4) is 0 Å². The van der Waals surface area contributed by atoms with Gasteiger partial charge in [-0.15, -0.1) is 0 Å². The third-order valence-electron chi connectivity index (χ3n) is 2.29. The number of hydrogen-bond donors (Lipinski definition) is 2. The van der Waals surface area contributed by atoms with Crippen LogP contribution in [0.5, 0.6) is 5.75 Å². The van der Waals surface area contributed by atoms with Gasteiger partial charge in [-0.1, -0.05) is 6.07 Å². The SMILES string of the molecule is COc1ccc(CCNC(=O)CCO)cc1F. The number of hydrogen-bond acceptors (Lipinski definition) is 3. The third kappa shape index (κ3) is 4.40. The summed E-state index contributed by atoms with van der Waals surface area (Å²) in [7, 11) is 1.41. The van der Waals surface area contributed by atoms with Crippen molar-refractivity contribution in [2.75, 3.05) is 20.3 Å². The first kappa shape index (κ1) is 13.4. The highest BCUT2D eigenvalue weighted by Crippen LogP contribution is 2.17. The van der Waals surface area contributed by atoms with Crippen LogP contribution in [0.25, 0.3) is 0 Å². The Morgan fingerprint density at radius 2 is 2.29 bits per heavy atom. The molecule has 0 unspecified atom stereocenters. The fraction of sp³-hybridized carbons (Fsp3) is 0.417. The Hall–Kier alpha value is -1.62. The molecule has 0 radical (unpaired) electrons. The Bertz CT molecular complexity index is 382. The third-order valence-corrected chi connectivity index (χ3v) is 2.29. The van der Waals surface area contributed by atoms with E-state index in [1.165, 1.54) is 13.2 Å². The zero-order valence-electron chi connectivity index (χ0n) is 9.70. The number of rotatable bonds is 6. The molecule has 0 spiro atoms. The van der Waals surface area contributed by atoms with E-state index in [9.17, 15) is 9.18 Å². The van der Waals surface area contributed by atoms with E-state index in [2.05, 4.69) is 5.32 Å². The number of benzene rings is 1. The van der Waals surface area contributed by atoms with Crippen molar-refractivity contribution in [2.24, 2.45) is 0 Å². The van der Waals surface area contributed by atoms with Crippen LogP contribution < -0.4 is 10.1 Å². The second kappa shape index (κ2) is 6.85. The average molecular weight is 241 g/mol. The van der Waals surface area contributed by atoms with Crippen molar-refractivity contribution in [1.82, 2.24) is 5.32 Å². The van der Waals surface area contributed by atoms with Crippen LogP contribution in [-0.4, -0.2) is 31.3 Å². The lowest BCUT2D eigenvalue weighted by molar-refractivity contribution is -0.121. The normalized spacial score (nSPS) is 10.1. The molecule has 1 aromatic carbocycles. The highest BCUT2D eigenvalue weighted by atomic mass is 19.1. The quantitative estimate of drug-likeness (QED) is 0.777. The van der Waals surface area contributed by atoms with Gasteiger partial charge in [0.25, 0.3) is 0 Å². The van der Waals surface area contributed by atoms with E-state index < -0.39 is 5.82 Å². The van der Waals surface area contributed by atoms with Gasteiger partial charge in [-0.2, -0.15) is 0 Å². The van der Waals surface area contributed by atoms with Crippen molar-refractivity contribution in [3.63, 3.8) is 0 Å². The van der Waals surface area contributed by atoms with Crippen LogP contribution in [0.2, 0.25) is 0 Å². The number of carbonyl (C=O) groups excluding carboxylic acids is 1. The van der Waals surface area contributed by atoms with E-state index in [1.54, 1.807) is 12.1 Å². The standard InChI is InChI=1S/C12H16FNO3/c1-17-11-3-2-9(8-10(11)13)4-6-14-12(16)5-7-15/h2-3,8,15H,4-7H2,1H3,(H,14,16). The second-order valence-electron chi connectivity index (χ2n) is 3.54. The van der Waals surface area contributed by atoms with Crippen molar-refractivity contribution in [3.05, 3.63) is 29.6 Å². The molecule has 0 aromatic heterocycles. The molecule has 0 heterocycles. The summed E-state index contributed by atoms with van der Waals surface area (Å²) in [5.74, 6) is -0.411. The summed E-state index contributed by atoms with van der Waals surface area (Å²) in [4.78, 5) is 11.0. The molecule has 17 heavy (non-hydrogen) atoms. The predicted octanol–water partition coefficient (Wildman–Crippen LogP) is 0.875. The molecule has 0 bridgehead atoms. The first-order valence-electron chi connectivity index (χ1n) is 5.37. The molecule has 4 nitrogen and oxygen atoms in total. The smallest absolute Gasteiger partial charge is 0.222 e. The van der Waals surface area contributed by atoms with E-state index in [0.29, 0.717) is 13.0 Å². The minimum absolute atomic E-state index is 0.0942. The second-order valence-corrected chi connectivity index (χ2v) is 3.54. The number of methoxy groups -OCH3 is 1. The van der Waals surface area contributed by atoms with Gasteiger partial charge in [-0.25, -0.2) is 4.39 Å². The molecule has 0 saturated carbocycles. The molecule has 0 fully saturated rings. The largest absolute Gasteiger partial charge is 0.494 e. The fourth-order valence-electron chi connectivity index (χ4n) is 1.40. The molecule has 1 aromatic rings. The van der Waals surface area contributed by atoms with Crippen molar-refractivity contribution in [3.8, 4) is 5.75 Å². The van der Waals surface area contributed by atoms with Crippen LogP contribution in [0.15, 0.2) is 18.2 Å². The van der Waals surface area contributed by atoms with E-state index in [-0.39, 0.29) is 24.7 Å². The molecule has 0 saturated heterocycles. The molecular weight excluding hydrogens is 225 g/mol. The van der Waals surface area contributed by atoms with Crippen molar-refractivity contribution < 1.29 is 19.0 Å². The number of amides is 1. The molecule has 5 heteroatoms. The average Bonchev–Trinajstić information content (AvgIpc) is 2.29. The monoisotopic (exact) mass is 241 g/mol. The van der Waals surface area contributed by atoms with Crippen LogP contribution in [0, 0.1) is 5.82 Å². The first-order valence-corrected chi connectivity index (χ1v) is 5.37. The molecule has 2 N–H and O–H groups in total. The topological polar surface area (TPSA) is 58.6 Å². The Kier molecular flexibility index (Phi) is 5.42. The maximum Gasteiger partial charge on any atom is 0.222 e. The van der Waals surface area contributed by atoms with Crippen LogP contribution in [0.1, 0.15) is 12.0 Å². The summed E-state index contributed by atoms with van der Waals surface area (Å²) in [6.07, 6.45) is 0.634. The van der Waals surface area contributed by atoms with Gasteiger partial charge in [0.2, 0.25) is 5.91 Å². The lowest BCUT2D eigenvalue weighted by atomic mass is 10.1. The van der Waals surface area contributed by atoms with Gasteiger partial charge in [0, 0.05) is 13.0 Å². The fourth-order valence-corrected chi connectivity index (χ4v) is 1.40. The Labute approximate surface area is 99.4 Å². The number of carbonyl (C=O) groups is 1. The zero-order valence-corrected chi connectivity index (χ0v) is 9.70. The van der Waals surface area contributed by atoms with E-state index in [1.807, 2.05) is 0 Å². The van der Waals surface area contributed by atoms with Crippen molar-refractivity contribution >= 4 is 5.91 Å². The van der Waals surface area contributed by atoms with Crippen LogP contribution in [0.4, 0.5) is 4.39 Å². The number of nitrogens with one attached hydrogen (secondary N) is 1. The van der Waals surface area contributed by atoms with Gasteiger partial charge in [0.15, 0.2) is 11.6 Å². The summed E-state index contributed by atoms with van der Waals surface area (Å²) < 4.78 is 18.1. The number of halogens is 1. The first-order chi connectivity index (χ1) is 8.17. The minimum Gasteiger partial charge on any atom is -0.494 e. The van der Waals surface area contributed by atoms with Gasteiger partial charge in [0.1, 0.15) is 0 Å². The predicted molar refractivity (Wildman–Crippen MR) is 61.4 cm³/mol. The lowest BCUT2D eigenvalue weighted by Crippen LogP contribution is -2.26. The highest BCUT2D eigenvalue weighted by Gasteiger charge is 2.04. The van der Waals surface area contributed by atoms with E-state index >= 15 is 0 Å². The molecular formula is C12H16FNO3. The Balaban J connectivity index is 2.42. The van der Waals surface area contributed by atoms with Crippen molar-refractivity contribution in [1.29, 1.82) is 0 Å². The lowest BCUT2D eigenvalue weighted by Gasteiger charge is -2.06. The summed E-state index contributed by atoms with van der Waals surface area (Å²) in [6, 6.07) is 4.69. The summed E-state index contributed by atoms with van der Waals surface area (Å²) in [5, 5.41) is 11.2. The number of ether oxygens (including phenoxy) is 1. The van der Waals surface area contributed by atoms with Crippen LogP contribution >= 0.6 is 0 Å². The molecule has 1 amide bonds. The van der Waals surface area contributed by atoms with Crippen molar-refractivity contribution in [2.45, 2.75) is 12.8 Å². The molecule has 0 aliphatic carbocycles. The van der Waals surface area contributed by atoms with E-state index in [4.69, 9.17) is 9.84 Å².